The number of amides is 2. The van der Waals surface area contributed by atoms with Gasteiger partial charge in [0.2, 0.25) is 0 Å². The van der Waals surface area contributed by atoms with Crippen molar-refractivity contribution in [1.82, 2.24) is 5.43 Å². The lowest BCUT2D eigenvalue weighted by atomic mass is 9.93. The minimum atomic E-state index is -0.300. The second-order valence-corrected chi connectivity index (χ2v) is 8.56. The minimum absolute atomic E-state index is 0.265. The molecule has 34 heavy (non-hydrogen) atoms. The molecule has 2 amide bonds. The Kier molecular flexibility index (Phi) is 5.72. The fourth-order valence-corrected chi connectivity index (χ4v) is 4.48. The van der Waals surface area contributed by atoms with Crippen LogP contribution in [0.2, 0.25) is 0 Å². The number of fused-ring (bicyclic) bond motifs is 2. The van der Waals surface area contributed by atoms with Crippen LogP contribution in [0.1, 0.15) is 56.2 Å². The largest absolute Gasteiger partial charge is 0.455 e. The van der Waals surface area contributed by atoms with Crippen LogP contribution in [0.4, 0.5) is 5.69 Å². The molecule has 0 aliphatic heterocycles. The number of furan rings is 1. The molecule has 0 saturated heterocycles. The first kappa shape index (κ1) is 21.6. The zero-order chi connectivity index (χ0) is 23.7. The molecule has 1 heterocycles. The highest BCUT2D eigenvalue weighted by molar-refractivity contribution is 6.11. The monoisotopic (exact) mass is 451 g/mol. The Morgan fingerprint density at radius 2 is 1.71 bits per heavy atom. The Labute approximate surface area is 197 Å². The van der Waals surface area contributed by atoms with Gasteiger partial charge in [0.15, 0.2) is 5.76 Å². The topological polar surface area (TPSA) is 83.7 Å². The van der Waals surface area contributed by atoms with Gasteiger partial charge >= 0.3 is 0 Å². The summed E-state index contributed by atoms with van der Waals surface area (Å²) in [6, 6.07) is 21.1. The number of hydrogen-bond acceptors (Lipinski definition) is 4. The standard InChI is InChI=1S/C28H25N3O3/c1-17-8-5-11-20(16-17)27(32)31-30-23-14-7-15-24-25(23)18(2)26(34-24)28(33)29-22-13-6-10-19-9-3-4-12-21(19)22/h3-6,8-13,16H,7,14-15H2,1-2H3,(H,29,33)(H,31,32)/b30-23+. The number of hydrazone groups is 1. The summed E-state index contributed by atoms with van der Waals surface area (Å²) in [5.41, 5.74) is 7.24. The quantitative estimate of drug-likeness (QED) is 0.386. The van der Waals surface area contributed by atoms with Gasteiger partial charge in [-0.25, -0.2) is 5.43 Å². The third-order valence-electron chi connectivity index (χ3n) is 6.14. The molecule has 1 aromatic heterocycles. The van der Waals surface area contributed by atoms with Crippen LogP contribution in [-0.2, 0) is 6.42 Å². The molecular formula is C28H25N3O3. The van der Waals surface area contributed by atoms with Crippen molar-refractivity contribution < 1.29 is 14.0 Å². The molecule has 0 spiro atoms. The number of hydrogen-bond donors (Lipinski definition) is 2. The number of carbonyl (C=O) groups excluding carboxylic acids is 2. The second-order valence-electron chi connectivity index (χ2n) is 8.56. The number of aryl methyl sites for hydroxylation is 2. The summed E-state index contributed by atoms with van der Waals surface area (Å²) in [4.78, 5) is 25.7. The van der Waals surface area contributed by atoms with Crippen molar-refractivity contribution in [2.24, 2.45) is 5.10 Å². The van der Waals surface area contributed by atoms with Crippen LogP contribution in [0.5, 0.6) is 0 Å². The van der Waals surface area contributed by atoms with E-state index in [2.05, 4.69) is 15.8 Å². The number of benzene rings is 3. The second kappa shape index (κ2) is 8.98. The number of nitrogens with zero attached hydrogens (tertiary/aromatic N) is 1. The molecule has 0 saturated carbocycles. The number of carbonyl (C=O) groups is 2. The molecule has 4 aromatic rings. The normalized spacial score (nSPS) is 14.1. The van der Waals surface area contributed by atoms with Gasteiger partial charge in [-0.05, 0) is 50.3 Å². The van der Waals surface area contributed by atoms with Crippen LogP contribution >= 0.6 is 0 Å². The van der Waals surface area contributed by atoms with Gasteiger partial charge in [-0.1, -0.05) is 54.1 Å². The van der Waals surface area contributed by atoms with E-state index in [9.17, 15) is 9.59 Å². The van der Waals surface area contributed by atoms with Crippen LogP contribution < -0.4 is 10.7 Å². The Morgan fingerprint density at radius 1 is 0.912 bits per heavy atom. The highest BCUT2D eigenvalue weighted by Gasteiger charge is 2.28. The first-order chi connectivity index (χ1) is 16.5. The summed E-state index contributed by atoms with van der Waals surface area (Å²) in [6.45, 7) is 3.80. The van der Waals surface area contributed by atoms with E-state index in [0.29, 0.717) is 12.0 Å². The van der Waals surface area contributed by atoms with Gasteiger partial charge in [-0.15, -0.1) is 0 Å². The predicted molar refractivity (Wildman–Crippen MR) is 133 cm³/mol. The van der Waals surface area contributed by atoms with Crippen molar-refractivity contribution >= 4 is 34.0 Å². The zero-order valence-electron chi connectivity index (χ0n) is 19.1. The van der Waals surface area contributed by atoms with E-state index in [-0.39, 0.29) is 17.6 Å². The third-order valence-corrected chi connectivity index (χ3v) is 6.14. The average Bonchev–Trinajstić information content (AvgIpc) is 3.20. The first-order valence-electron chi connectivity index (χ1n) is 11.4. The van der Waals surface area contributed by atoms with Gasteiger partial charge < -0.3 is 9.73 Å². The molecule has 0 atom stereocenters. The van der Waals surface area contributed by atoms with E-state index in [1.165, 1.54) is 0 Å². The van der Waals surface area contributed by atoms with E-state index < -0.39 is 0 Å². The summed E-state index contributed by atoms with van der Waals surface area (Å²) >= 11 is 0. The Bertz CT molecular complexity index is 1440. The molecular weight excluding hydrogens is 426 g/mol. The van der Waals surface area contributed by atoms with Crippen molar-refractivity contribution in [2.45, 2.75) is 33.1 Å². The van der Waals surface area contributed by atoms with Crippen LogP contribution in [0.25, 0.3) is 10.8 Å². The molecule has 6 heteroatoms. The van der Waals surface area contributed by atoms with Crippen molar-refractivity contribution in [3.8, 4) is 0 Å². The maximum atomic E-state index is 13.2. The molecule has 3 aromatic carbocycles. The summed E-state index contributed by atoms with van der Waals surface area (Å²) < 4.78 is 6.01. The summed E-state index contributed by atoms with van der Waals surface area (Å²) in [5, 5.41) is 9.43. The minimum Gasteiger partial charge on any atom is -0.455 e. The molecule has 0 radical (unpaired) electrons. The molecule has 2 N–H and O–H groups in total. The molecule has 0 fully saturated rings. The van der Waals surface area contributed by atoms with Crippen LogP contribution in [0, 0.1) is 13.8 Å². The van der Waals surface area contributed by atoms with Crippen molar-refractivity contribution in [3.05, 3.63) is 101 Å². The van der Waals surface area contributed by atoms with Gasteiger partial charge in [-0.3, -0.25) is 9.59 Å². The van der Waals surface area contributed by atoms with Crippen LogP contribution in [0.3, 0.4) is 0 Å². The number of nitrogens with one attached hydrogen (secondary N) is 2. The highest BCUT2D eigenvalue weighted by Crippen LogP contribution is 2.31. The third kappa shape index (κ3) is 4.10. The molecule has 0 unspecified atom stereocenters. The Balaban J connectivity index is 1.41. The SMILES string of the molecule is Cc1cccc(C(=O)N/N=C2\CCCc3oc(C(=O)Nc4cccc5ccccc45)c(C)c32)c1. The van der Waals surface area contributed by atoms with Gasteiger partial charge in [0.25, 0.3) is 11.8 Å². The van der Waals surface area contributed by atoms with Gasteiger partial charge in [0.05, 0.1) is 5.71 Å². The van der Waals surface area contributed by atoms with Gasteiger partial charge in [0, 0.05) is 34.2 Å². The Morgan fingerprint density at radius 3 is 2.56 bits per heavy atom. The van der Waals surface area contributed by atoms with Crippen molar-refractivity contribution in [2.75, 3.05) is 5.32 Å². The van der Waals surface area contributed by atoms with Crippen LogP contribution in [-0.4, -0.2) is 17.5 Å². The van der Waals surface area contributed by atoms with E-state index in [0.717, 1.165) is 57.5 Å². The molecule has 5 rings (SSSR count). The maximum Gasteiger partial charge on any atom is 0.291 e. The smallest absolute Gasteiger partial charge is 0.291 e. The molecule has 1 aliphatic rings. The fourth-order valence-electron chi connectivity index (χ4n) is 4.48. The van der Waals surface area contributed by atoms with Crippen LogP contribution in [0.15, 0.2) is 76.2 Å². The van der Waals surface area contributed by atoms with Gasteiger partial charge in [-0.2, -0.15) is 5.10 Å². The highest BCUT2D eigenvalue weighted by atomic mass is 16.4. The first-order valence-corrected chi connectivity index (χ1v) is 11.4. The summed E-state index contributed by atoms with van der Waals surface area (Å²) in [5.74, 6) is 0.442. The predicted octanol–water partition coefficient (Wildman–Crippen LogP) is 5.77. The molecule has 6 nitrogen and oxygen atoms in total. The van der Waals surface area contributed by atoms with Gasteiger partial charge in [0.1, 0.15) is 5.76 Å². The fraction of sp³-hybridized carbons (Fsp3) is 0.179. The summed E-state index contributed by atoms with van der Waals surface area (Å²) in [6.07, 6.45) is 2.26. The van der Waals surface area contributed by atoms with Crippen molar-refractivity contribution in [3.63, 3.8) is 0 Å². The average molecular weight is 452 g/mol. The lowest BCUT2D eigenvalue weighted by Crippen LogP contribution is -2.22. The number of rotatable bonds is 4. The van der Waals surface area contributed by atoms with E-state index in [4.69, 9.17) is 4.42 Å². The van der Waals surface area contributed by atoms with E-state index in [1.54, 1.807) is 6.07 Å². The molecule has 170 valence electrons. The lowest BCUT2D eigenvalue weighted by molar-refractivity contribution is 0.0953. The van der Waals surface area contributed by atoms with E-state index in [1.807, 2.05) is 74.5 Å². The zero-order valence-corrected chi connectivity index (χ0v) is 19.1. The van der Waals surface area contributed by atoms with E-state index >= 15 is 0 Å². The van der Waals surface area contributed by atoms with Crippen molar-refractivity contribution in [1.29, 1.82) is 0 Å². The Hall–Kier alpha value is -4.19. The maximum absolute atomic E-state index is 13.2. The molecule has 1 aliphatic carbocycles. The number of anilines is 1. The molecule has 0 bridgehead atoms. The summed E-state index contributed by atoms with van der Waals surface area (Å²) in [7, 11) is 0. The lowest BCUT2D eigenvalue weighted by Gasteiger charge is -2.13.